The summed E-state index contributed by atoms with van der Waals surface area (Å²) in [6.45, 7) is 5.16. The van der Waals surface area contributed by atoms with Gasteiger partial charge in [0, 0.05) is 29.4 Å². The van der Waals surface area contributed by atoms with E-state index in [4.69, 9.17) is 15.5 Å². The molecule has 4 rings (SSSR count). The molecule has 6 heteroatoms. The molecule has 27 heavy (non-hydrogen) atoms. The lowest BCUT2D eigenvalue weighted by Crippen LogP contribution is -2.34. The number of aromatic nitrogens is 3. The van der Waals surface area contributed by atoms with E-state index in [-0.39, 0.29) is 6.04 Å². The first-order valence-electron chi connectivity index (χ1n) is 9.12. The summed E-state index contributed by atoms with van der Waals surface area (Å²) < 4.78 is 5.85. The lowest BCUT2D eigenvalue weighted by molar-refractivity contribution is 0.262. The van der Waals surface area contributed by atoms with Crippen LogP contribution in [0.4, 0.5) is 11.8 Å². The van der Waals surface area contributed by atoms with Crippen LogP contribution in [0, 0.1) is 13.8 Å². The molecule has 0 aliphatic carbocycles. The smallest absolute Gasteiger partial charge is 0.228 e. The number of benzene rings is 1. The van der Waals surface area contributed by atoms with Gasteiger partial charge in [-0.3, -0.25) is 4.98 Å². The number of nitrogen functional groups attached to an aromatic ring is 1. The Morgan fingerprint density at radius 2 is 1.93 bits per heavy atom. The second-order valence-corrected chi connectivity index (χ2v) is 6.76. The number of nitrogens with two attached hydrogens (primary N) is 1. The Kier molecular flexibility index (Phi) is 4.62. The molecule has 2 aromatic heterocycles. The summed E-state index contributed by atoms with van der Waals surface area (Å²) in [4.78, 5) is 16.0. The number of hydrogen-bond donors (Lipinski definition) is 1. The Morgan fingerprint density at radius 1 is 1.11 bits per heavy atom. The summed E-state index contributed by atoms with van der Waals surface area (Å²) in [5.74, 6) is 2.06. The maximum atomic E-state index is 6.16. The lowest BCUT2D eigenvalue weighted by Gasteiger charge is -2.36. The van der Waals surface area contributed by atoms with Crippen LogP contribution in [0.5, 0.6) is 5.75 Å². The van der Waals surface area contributed by atoms with Gasteiger partial charge in [-0.15, -0.1) is 0 Å². The van der Waals surface area contributed by atoms with E-state index in [1.165, 1.54) is 0 Å². The molecular weight excluding hydrogens is 338 g/mol. The summed E-state index contributed by atoms with van der Waals surface area (Å²) in [7, 11) is 0. The first kappa shape index (κ1) is 17.3. The van der Waals surface area contributed by atoms with Crippen LogP contribution in [0.15, 0.2) is 48.7 Å². The van der Waals surface area contributed by atoms with Crippen LogP contribution in [0.3, 0.4) is 0 Å². The minimum Gasteiger partial charge on any atom is -0.493 e. The second-order valence-electron chi connectivity index (χ2n) is 6.76. The van der Waals surface area contributed by atoms with Crippen molar-refractivity contribution in [2.45, 2.75) is 32.9 Å². The number of nitrogens with zero attached hydrogens (tertiary/aromatic N) is 4. The van der Waals surface area contributed by atoms with Gasteiger partial charge in [-0.1, -0.05) is 24.3 Å². The zero-order chi connectivity index (χ0) is 18.8. The van der Waals surface area contributed by atoms with E-state index in [0.29, 0.717) is 24.9 Å². The van der Waals surface area contributed by atoms with Crippen LogP contribution < -0.4 is 15.4 Å². The topological polar surface area (TPSA) is 77.2 Å². The van der Waals surface area contributed by atoms with Crippen LogP contribution in [0.1, 0.15) is 35.0 Å². The normalized spacial score (nSPS) is 15.7. The Hall–Kier alpha value is -3.15. The van der Waals surface area contributed by atoms with E-state index in [2.05, 4.69) is 20.9 Å². The number of fused-ring (bicyclic) bond motifs is 1. The monoisotopic (exact) mass is 361 g/mol. The number of anilines is 2. The highest BCUT2D eigenvalue weighted by Gasteiger charge is 2.29. The number of ether oxygens (including phenoxy) is 1. The van der Waals surface area contributed by atoms with E-state index < -0.39 is 0 Å². The van der Waals surface area contributed by atoms with E-state index in [9.17, 15) is 0 Å². The molecule has 0 fully saturated rings. The van der Waals surface area contributed by atoms with Crippen LogP contribution in [0.25, 0.3) is 0 Å². The van der Waals surface area contributed by atoms with Crippen molar-refractivity contribution >= 4 is 11.8 Å². The molecule has 0 saturated carbocycles. The Morgan fingerprint density at radius 3 is 2.70 bits per heavy atom. The first-order valence-corrected chi connectivity index (χ1v) is 9.12. The number of aryl methyl sites for hydroxylation is 1. The summed E-state index contributed by atoms with van der Waals surface area (Å²) in [6, 6.07) is 14.2. The average Bonchev–Trinajstić information content (AvgIpc) is 2.70. The molecule has 1 aliphatic rings. The molecule has 1 aromatic carbocycles. The van der Waals surface area contributed by atoms with Gasteiger partial charge in [0.05, 0.1) is 24.9 Å². The molecule has 0 radical (unpaired) electrons. The van der Waals surface area contributed by atoms with E-state index >= 15 is 0 Å². The van der Waals surface area contributed by atoms with Crippen LogP contribution >= 0.6 is 0 Å². The van der Waals surface area contributed by atoms with Gasteiger partial charge in [-0.2, -0.15) is 4.98 Å². The summed E-state index contributed by atoms with van der Waals surface area (Å²) in [5, 5.41) is 0. The number of rotatable bonds is 4. The molecule has 3 aromatic rings. The van der Waals surface area contributed by atoms with Gasteiger partial charge in [0.1, 0.15) is 11.6 Å². The van der Waals surface area contributed by atoms with Crippen molar-refractivity contribution in [2.75, 3.05) is 17.2 Å². The van der Waals surface area contributed by atoms with Gasteiger partial charge in [-0.25, -0.2) is 4.98 Å². The van der Waals surface area contributed by atoms with Crippen molar-refractivity contribution in [1.82, 2.24) is 15.0 Å². The molecule has 6 nitrogen and oxygen atoms in total. The average molecular weight is 361 g/mol. The van der Waals surface area contributed by atoms with Crippen molar-refractivity contribution in [3.63, 3.8) is 0 Å². The van der Waals surface area contributed by atoms with Crippen LogP contribution in [-0.4, -0.2) is 21.6 Å². The zero-order valence-corrected chi connectivity index (χ0v) is 15.6. The maximum Gasteiger partial charge on any atom is 0.228 e. The highest BCUT2D eigenvalue weighted by molar-refractivity contribution is 5.50. The predicted octanol–water partition coefficient (Wildman–Crippen LogP) is 3.60. The van der Waals surface area contributed by atoms with Crippen LogP contribution in [0.2, 0.25) is 0 Å². The van der Waals surface area contributed by atoms with Crippen LogP contribution in [-0.2, 0) is 6.54 Å². The molecule has 3 heterocycles. The fraction of sp³-hybridized carbons (Fsp3) is 0.286. The van der Waals surface area contributed by atoms with E-state index in [0.717, 1.165) is 34.7 Å². The minimum absolute atomic E-state index is 0.0958. The maximum absolute atomic E-state index is 6.16. The van der Waals surface area contributed by atoms with Gasteiger partial charge in [0.2, 0.25) is 5.95 Å². The summed E-state index contributed by atoms with van der Waals surface area (Å²) in [6.07, 6.45) is 2.65. The largest absolute Gasteiger partial charge is 0.493 e. The molecule has 138 valence electrons. The van der Waals surface area contributed by atoms with Gasteiger partial charge < -0.3 is 15.4 Å². The van der Waals surface area contributed by atoms with Crippen molar-refractivity contribution in [2.24, 2.45) is 0 Å². The molecule has 1 aliphatic heterocycles. The van der Waals surface area contributed by atoms with Crippen molar-refractivity contribution in [3.05, 3.63) is 71.2 Å². The number of para-hydroxylation sites is 1. The Bertz CT molecular complexity index is 921. The summed E-state index contributed by atoms with van der Waals surface area (Å²) in [5.41, 5.74) is 10.1. The quantitative estimate of drug-likeness (QED) is 0.765. The molecule has 1 unspecified atom stereocenters. The van der Waals surface area contributed by atoms with E-state index in [1.54, 1.807) is 6.20 Å². The highest BCUT2D eigenvalue weighted by atomic mass is 16.5. The first-order chi connectivity index (χ1) is 13.1. The highest BCUT2D eigenvalue weighted by Crippen LogP contribution is 2.38. The molecule has 0 saturated heterocycles. The standard InChI is InChI=1S/C21H23N5O/c1-14-15(2)24-21(25-20(14)22)26(13-16-7-5-6-11-23-16)18-10-12-27-19-9-4-3-8-17(18)19/h3-9,11,18H,10,12-13H2,1-2H3,(H2,22,24,25). The molecule has 0 amide bonds. The predicted molar refractivity (Wildman–Crippen MR) is 106 cm³/mol. The molecule has 1 atom stereocenters. The number of hydrogen-bond acceptors (Lipinski definition) is 6. The molecular formula is C21H23N5O. The number of pyridine rings is 1. The van der Waals surface area contributed by atoms with Gasteiger partial charge in [-0.05, 0) is 32.0 Å². The third kappa shape index (κ3) is 3.43. The summed E-state index contributed by atoms with van der Waals surface area (Å²) >= 11 is 0. The van der Waals surface area contributed by atoms with Gasteiger partial charge >= 0.3 is 0 Å². The molecule has 0 bridgehead atoms. The molecule has 2 N–H and O–H groups in total. The Labute approximate surface area is 159 Å². The van der Waals surface area contributed by atoms with E-state index in [1.807, 2.05) is 50.2 Å². The fourth-order valence-electron chi connectivity index (χ4n) is 3.40. The second kappa shape index (κ2) is 7.23. The van der Waals surface area contributed by atoms with Crippen molar-refractivity contribution in [1.29, 1.82) is 0 Å². The molecule has 0 spiro atoms. The lowest BCUT2D eigenvalue weighted by atomic mass is 9.99. The third-order valence-corrected chi connectivity index (χ3v) is 5.03. The van der Waals surface area contributed by atoms with Crippen molar-refractivity contribution in [3.8, 4) is 5.75 Å². The zero-order valence-electron chi connectivity index (χ0n) is 15.6. The minimum atomic E-state index is 0.0958. The van der Waals surface area contributed by atoms with Crippen molar-refractivity contribution < 1.29 is 4.74 Å². The Balaban J connectivity index is 1.80. The van der Waals surface area contributed by atoms with Gasteiger partial charge in [0.25, 0.3) is 0 Å². The van der Waals surface area contributed by atoms with Gasteiger partial charge in [0.15, 0.2) is 0 Å². The third-order valence-electron chi connectivity index (χ3n) is 5.03. The SMILES string of the molecule is Cc1nc(N(Cc2ccccn2)C2CCOc3ccccc32)nc(N)c1C. The fourth-order valence-corrected chi connectivity index (χ4v) is 3.40.